The third kappa shape index (κ3) is 3.30. The van der Waals surface area contributed by atoms with Gasteiger partial charge in [-0.25, -0.2) is 9.97 Å². The Balaban J connectivity index is 1.60. The molecule has 2 aliphatic heterocycles. The molecular formula is C18H23N5O3. The van der Waals surface area contributed by atoms with Crippen LogP contribution in [0.1, 0.15) is 22.4 Å². The average Bonchev–Trinajstić information content (AvgIpc) is 3.14. The van der Waals surface area contributed by atoms with Gasteiger partial charge in [0.1, 0.15) is 17.6 Å². The Hall–Kier alpha value is -2.45. The Kier molecular flexibility index (Phi) is 4.85. The number of carbonyl (C=O) groups excluding carboxylic acids is 1. The number of nitrogens with zero attached hydrogens (tertiary/aromatic N) is 5. The van der Waals surface area contributed by atoms with Crippen molar-refractivity contribution in [2.24, 2.45) is 7.05 Å². The van der Waals surface area contributed by atoms with Gasteiger partial charge in [0.15, 0.2) is 5.82 Å². The SMILES string of the molecule is Cn1cccc1C(=O)N1CCOC[C@@H]1c1nccc(N2CCOCC2)n1. The standard InChI is InChI=1S/C18H23N5O3/c1-21-6-2-3-14(21)18(24)23-9-12-26-13-15(23)17-19-5-4-16(20-17)22-7-10-25-11-8-22/h2-6,15H,7-13H2,1H3/t15-/m1/s1. The molecule has 8 nitrogen and oxygen atoms in total. The molecule has 2 aromatic heterocycles. The van der Waals surface area contributed by atoms with Gasteiger partial charge < -0.3 is 23.8 Å². The third-order valence-corrected chi connectivity index (χ3v) is 4.84. The van der Waals surface area contributed by atoms with Crippen molar-refractivity contribution < 1.29 is 14.3 Å². The lowest BCUT2D eigenvalue weighted by Gasteiger charge is -2.35. The van der Waals surface area contributed by atoms with E-state index in [0.717, 1.165) is 18.9 Å². The molecule has 0 aliphatic carbocycles. The predicted octanol–water partition coefficient (Wildman–Crippen LogP) is 0.865. The molecule has 26 heavy (non-hydrogen) atoms. The van der Waals surface area contributed by atoms with Crippen LogP contribution in [0.3, 0.4) is 0 Å². The molecule has 138 valence electrons. The summed E-state index contributed by atoms with van der Waals surface area (Å²) in [5.74, 6) is 1.47. The molecule has 0 N–H and O–H groups in total. The maximum Gasteiger partial charge on any atom is 0.271 e. The van der Waals surface area contributed by atoms with Crippen LogP contribution < -0.4 is 4.90 Å². The number of amides is 1. The van der Waals surface area contributed by atoms with E-state index in [2.05, 4.69) is 9.88 Å². The largest absolute Gasteiger partial charge is 0.378 e. The minimum Gasteiger partial charge on any atom is -0.378 e. The Bertz CT molecular complexity index is 772. The highest BCUT2D eigenvalue weighted by molar-refractivity contribution is 5.93. The number of hydrogen-bond donors (Lipinski definition) is 0. The molecule has 4 rings (SSSR count). The van der Waals surface area contributed by atoms with Crippen molar-refractivity contribution in [3.05, 3.63) is 42.1 Å². The van der Waals surface area contributed by atoms with Gasteiger partial charge in [0.2, 0.25) is 0 Å². The summed E-state index contributed by atoms with van der Waals surface area (Å²) < 4.78 is 12.9. The fourth-order valence-corrected chi connectivity index (χ4v) is 3.38. The van der Waals surface area contributed by atoms with Crippen LogP contribution >= 0.6 is 0 Å². The number of ether oxygens (including phenoxy) is 2. The van der Waals surface area contributed by atoms with Crippen molar-refractivity contribution in [1.82, 2.24) is 19.4 Å². The molecule has 0 aromatic carbocycles. The molecule has 0 spiro atoms. The fourth-order valence-electron chi connectivity index (χ4n) is 3.38. The topological polar surface area (TPSA) is 72.7 Å². The number of aryl methyl sites for hydroxylation is 1. The molecule has 2 aromatic rings. The first-order valence-corrected chi connectivity index (χ1v) is 8.90. The van der Waals surface area contributed by atoms with E-state index in [1.165, 1.54) is 0 Å². The Morgan fingerprint density at radius 2 is 1.96 bits per heavy atom. The highest BCUT2D eigenvalue weighted by atomic mass is 16.5. The first-order chi connectivity index (χ1) is 12.7. The van der Waals surface area contributed by atoms with Crippen LogP contribution in [-0.4, -0.2) is 71.4 Å². The molecule has 2 fully saturated rings. The van der Waals surface area contributed by atoms with Gasteiger partial charge in [0.25, 0.3) is 5.91 Å². The molecule has 4 heterocycles. The molecule has 1 atom stereocenters. The van der Waals surface area contributed by atoms with E-state index in [1.54, 1.807) is 6.20 Å². The summed E-state index contributed by atoms with van der Waals surface area (Å²) in [4.78, 5) is 26.2. The van der Waals surface area contributed by atoms with E-state index in [1.807, 2.05) is 40.9 Å². The summed E-state index contributed by atoms with van der Waals surface area (Å²) in [6.07, 6.45) is 3.63. The minimum absolute atomic E-state index is 0.0221. The number of carbonyl (C=O) groups is 1. The Morgan fingerprint density at radius 3 is 2.73 bits per heavy atom. The van der Waals surface area contributed by atoms with Crippen LogP contribution in [-0.2, 0) is 16.5 Å². The normalized spacial score (nSPS) is 21.0. The van der Waals surface area contributed by atoms with Crippen molar-refractivity contribution in [3.63, 3.8) is 0 Å². The molecular weight excluding hydrogens is 334 g/mol. The van der Waals surface area contributed by atoms with Gasteiger partial charge in [-0.15, -0.1) is 0 Å². The van der Waals surface area contributed by atoms with Crippen molar-refractivity contribution >= 4 is 11.7 Å². The zero-order valence-corrected chi connectivity index (χ0v) is 14.9. The highest BCUT2D eigenvalue weighted by Crippen LogP contribution is 2.25. The van der Waals surface area contributed by atoms with Crippen molar-refractivity contribution in [2.75, 3.05) is 51.0 Å². The molecule has 1 amide bonds. The van der Waals surface area contributed by atoms with Gasteiger partial charge in [-0.2, -0.15) is 0 Å². The van der Waals surface area contributed by atoms with Crippen LogP contribution in [0.5, 0.6) is 0 Å². The summed E-state index contributed by atoms with van der Waals surface area (Å²) in [6, 6.07) is 5.33. The zero-order chi connectivity index (χ0) is 17.9. The van der Waals surface area contributed by atoms with E-state index >= 15 is 0 Å². The summed E-state index contributed by atoms with van der Waals surface area (Å²) in [7, 11) is 1.87. The van der Waals surface area contributed by atoms with Crippen LogP contribution in [0.2, 0.25) is 0 Å². The van der Waals surface area contributed by atoms with Crippen LogP contribution in [0.25, 0.3) is 0 Å². The highest BCUT2D eigenvalue weighted by Gasteiger charge is 2.32. The first kappa shape index (κ1) is 17.0. The first-order valence-electron chi connectivity index (χ1n) is 8.90. The second kappa shape index (κ2) is 7.43. The smallest absolute Gasteiger partial charge is 0.271 e. The molecule has 0 bridgehead atoms. The van der Waals surface area contributed by atoms with Crippen LogP contribution in [0.4, 0.5) is 5.82 Å². The van der Waals surface area contributed by atoms with E-state index in [-0.39, 0.29) is 11.9 Å². The number of morpholine rings is 2. The molecule has 0 saturated carbocycles. The lowest BCUT2D eigenvalue weighted by molar-refractivity contribution is -0.00570. The average molecular weight is 357 g/mol. The van der Waals surface area contributed by atoms with Gasteiger partial charge in [-0.05, 0) is 18.2 Å². The number of aromatic nitrogens is 3. The second-order valence-corrected chi connectivity index (χ2v) is 6.47. The Morgan fingerprint density at radius 1 is 1.15 bits per heavy atom. The van der Waals surface area contributed by atoms with Crippen LogP contribution in [0.15, 0.2) is 30.6 Å². The Labute approximate surface area is 152 Å². The third-order valence-electron chi connectivity index (χ3n) is 4.84. The molecule has 8 heteroatoms. The molecule has 0 radical (unpaired) electrons. The lowest BCUT2D eigenvalue weighted by Crippen LogP contribution is -2.45. The van der Waals surface area contributed by atoms with Gasteiger partial charge in [-0.3, -0.25) is 4.79 Å². The number of rotatable bonds is 3. The van der Waals surface area contributed by atoms with Crippen molar-refractivity contribution in [2.45, 2.75) is 6.04 Å². The van der Waals surface area contributed by atoms with Gasteiger partial charge in [-0.1, -0.05) is 0 Å². The van der Waals surface area contributed by atoms with Gasteiger partial charge in [0.05, 0.1) is 26.4 Å². The second-order valence-electron chi connectivity index (χ2n) is 6.47. The summed E-state index contributed by atoms with van der Waals surface area (Å²) in [6.45, 7) is 4.47. The summed E-state index contributed by atoms with van der Waals surface area (Å²) in [5, 5.41) is 0. The predicted molar refractivity (Wildman–Crippen MR) is 95.1 cm³/mol. The van der Waals surface area contributed by atoms with E-state index in [9.17, 15) is 4.79 Å². The summed E-state index contributed by atoms with van der Waals surface area (Å²) >= 11 is 0. The van der Waals surface area contributed by atoms with E-state index in [0.29, 0.717) is 44.5 Å². The fraction of sp³-hybridized carbons (Fsp3) is 0.500. The van der Waals surface area contributed by atoms with Crippen molar-refractivity contribution in [3.8, 4) is 0 Å². The molecule has 2 aliphatic rings. The maximum atomic E-state index is 13.0. The number of anilines is 1. The molecule has 2 saturated heterocycles. The maximum absolute atomic E-state index is 13.0. The zero-order valence-electron chi connectivity index (χ0n) is 14.9. The number of hydrogen-bond acceptors (Lipinski definition) is 6. The van der Waals surface area contributed by atoms with Gasteiger partial charge in [0, 0.05) is 39.1 Å². The lowest BCUT2D eigenvalue weighted by atomic mass is 10.2. The van der Waals surface area contributed by atoms with Crippen molar-refractivity contribution in [1.29, 1.82) is 0 Å². The van der Waals surface area contributed by atoms with E-state index < -0.39 is 0 Å². The molecule has 0 unspecified atom stereocenters. The minimum atomic E-state index is -0.285. The van der Waals surface area contributed by atoms with Crippen LogP contribution in [0, 0.1) is 0 Å². The summed E-state index contributed by atoms with van der Waals surface area (Å²) in [5.41, 5.74) is 0.654. The monoisotopic (exact) mass is 357 g/mol. The van der Waals surface area contributed by atoms with Gasteiger partial charge >= 0.3 is 0 Å². The quantitative estimate of drug-likeness (QED) is 0.812. The van der Waals surface area contributed by atoms with E-state index in [4.69, 9.17) is 14.5 Å².